The van der Waals surface area contributed by atoms with Crippen molar-refractivity contribution in [3.63, 3.8) is 0 Å². The van der Waals surface area contributed by atoms with Gasteiger partial charge in [-0.1, -0.05) is 0 Å². The molecule has 0 saturated heterocycles. The summed E-state index contributed by atoms with van der Waals surface area (Å²) in [6.07, 6.45) is 5.85. The lowest BCUT2D eigenvalue weighted by atomic mass is 10.3. The van der Waals surface area contributed by atoms with Gasteiger partial charge in [0.1, 0.15) is 5.82 Å². The number of nitrogens with one attached hydrogen (secondary N) is 2. The van der Waals surface area contributed by atoms with Gasteiger partial charge in [0.05, 0.1) is 12.1 Å². The third kappa shape index (κ3) is 2.25. The standard InChI is InChI=1S/C9H15N5/c1-6(8-11-4-5-12-8)13-9(10)14-7-2-3-7/h4-7H,2-3H2,1H3,(H,11,12)(H3,10,13,14). The van der Waals surface area contributed by atoms with Crippen molar-refractivity contribution < 1.29 is 0 Å². The van der Waals surface area contributed by atoms with Crippen LogP contribution in [0, 0.1) is 0 Å². The van der Waals surface area contributed by atoms with E-state index in [4.69, 9.17) is 5.73 Å². The van der Waals surface area contributed by atoms with Gasteiger partial charge in [0.2, 0.25) is 0 Å². The second kappa shape index (κ2) is 3.69. The molecule has 1 atom stereocenters. The summed E-state index contributed by atoms with van der Waals surface area (Å²) in [5.41, 5.74) is 5.72. The van der Waals surface area contributed by atoms with Gasteiger partial charge in [-0.3, -0.25) is 4.99 Å². The van der Waals surface area contributed by atoms with E-state index in [1.54, 1.807) is 12.4 Å². The van der Waals surface area contributed by atoms with E-state index in [1.807, 2.05) is 6.92 Å². The van der Waals surface area contributed by atoms with Gasteiger partial charge in [0.25, 0.3) is 0 Å². The third-order valence-corrected chi connectivity index (χ3v) is 2.16. The van der Waals surface area contributed by atoms with Crippen molar-refractivity contribution in [2.45, 2.75) is 31.8 Å². The maximum atomic E-state index is 5.72. The Hall–Kier alpha value is -1.52. The van der Waals surface area contributed by atoms with Crippen molar-refractivity contribution in [2.75, 3.05) is 0 Å². The van der Waals surface area contributed by atoms with Crippen LogP contribution in [0.5, 0.6) is 0 Å². The average Bonchev–Trinajstić information content (AvgIpc) is 2.80. The molecule has 14 heavy (non-hydrogen) atoms. The summed E-state index contributed by atoms with van der Waals surface area (Å²) in [5.74, 6) is 1.38. The number of guanidine groups is 1. The Bertz CT molecular complexity index is 312. The van der Waals surface area contributed by atoms with Gasteiger partial charge in [-0.25, -0.2) is 4.98 Å². The van der Waals surface area contributed by atoms with Crippen molar-refractivity contribution in [2.24, 2.45) is 10.7 Å². The molecular weight excluding hydrogens is 178 g/mol. The number of nitrogens with zero attached hydrogens (tertiary/aromatic N) is 2. The molecule has 4 N–H and O–H groups in total. The summed E-state index contributed by atoms with van der Waals surface area (Å²) in [6, 6.07) is 0.527. The smallest absolute Gasteiger partial charge is 0.189 e. The molecule has 1 aromatic rings. The molecule has 0 radical (unpaired) electrons. The molecule has 0 aliphatic heterocycles. The Labute approximate surface area is 82.8 Å². The Kier molecular flexibility index (Phi) is 2.39. The number of aromatic nitrogens is 2. The van der Waals surface area contributed by atoms with Gasteiger partial charge in [0, 0.05) is 12.4 Å². The zero-order chi connectivity index (χ0) is 9.97. The van der Waals surface area contributed by atoms with Crippen molar-refractivity contribution in [3.05, 3.63) is 18.2 Å². The van der Waals surface area contributed by atoms with Crippen LogP contribution in [-0.2, 0) is 0 Å². The minimum absolute atomic E-state index is 0.0764. The predicted molar refractivity (Wildman–Crippen MR) is 54.8 cm³/mol. The Morgan fingerprint density at radius 1 is 1.79 bits per heavy atom. The van der Waals surface area contributed by atoms with Crippen molar-refractivity contribution in [1.82, 2.24) is 15.3 Å². The van der Waals surface area contributed by atoms with Crippen LogP contribution in [0.15, 0.2) is 17.4 Å². The second-order valence-corrected chi connectivity index (χ2v) is 3.59. The lowest BCUT2D eigenvalue weighted by molar-refractivity contribution is 0.666. The maximum Gasteiger partial charge on any atom is 0.189 e. The molecule has 1 aliphatic carbocycles. The van der Waals surface area contributed by atoms with Crippen molar-refractivity contribution >= 4 is 5.96 Å². The van der Waals surface area contributed by atoms with E-state index in [1.165, 1.54) is 0 Å². The first-order valence-electron chi connectivity index (χ1n) is 4.85. The van der Waals surface area contributed by atoms with E-state index < -0.39 is 0 Å². The van der Waals surface area contributed by atoms with E-state index in [-0.39, 0.29) is 6.04 Å². The number of imidazole rings is 1. The number of H-pyrrole nitrogens is 1. The summed E-state index contributed by atoms with van der Waals surface area (Å²) in [7, 11) is 0. The number of nitrogens with two attached hydrogens (primary N) is 1. The highest BCUT2D eigenvalue weighted by atomic mass is 15.1. The number of aliphatic imine (C=N–C) groups is 1. The predicted octanol–water partition coefficient (Wildman–Crippen LogP) is 0.537. The number of aromatic amines is 1. The molecule has 0 bridgehead atoms. The first kappa shape index (κ1) is 9.05. The van der Waals surface area contributed by atoms with E-state index in [2.05, 4.69) is 20.3 Å². The molecule has 1 saturated carbocycles. The first-order valence-corrected chi connectivity index (χ1v) is 4.85. The molecule has 1 heterocycles. The molecule has 5 heteroatoms. The molecule has 0 amide bonds. The number of hydrogen-bond donors (Lipinski definition) is 3. The quantitative estimate of drug-likeness (QED) is 0.484. The SMILES string of the molecule is CC(NC(N)=NC1CC1)c1ncc[nH]1. The molecule has 5 nitrogen and oxygen atoms in total. The van der Waals surface area contributed by atoms with E-state index >= 15 is 0 Å². The highest BCUT2D eigenvalue weighted by molar-refractivity contribution is 5.78. The van der Waals surface area contributed by atoms with Crippen LogP contribution in [0.25, 0.3) is 0 Å². The number of hydrogen-bond acceptors (Lipinski definition) is 2. The highest BCUT2D eigenvalue weighted by Gasteiger charge is 2.20. The number of rotatable bonds is 3. The fraction of sp³-hybridized carbons (Fsp3) is 0.556. The molecule has 0 spiro atoms. The van der Waals surface area contributed by atoms with Crippen LogP contribution in [-0.4, -0.2) is 22.0 Å². The minimum Gasteiger partial charge on any atom is -0.370 e. The summed E-state index contributed by atoms with van der Waals surface area (Å²) < 4.78 is 0. The van der Waals surface area contributed by atoms with Crippen LogP contribution in [0.4, 0.5) is 0 Å². The van der Waals surface area contributed by atoms with Crippen molar-refractivity contribution in [3.8, 4) is 0 Å². The molecule has 2 rings (SSSR count). The van der Waals surface area contributed by atoms with Gasteiger partial charge in [-0.2, -0.15) is 0 Å². The van der Waals surface area contributed by atoms with Gasteiger partial charge in [-0.05, 0) is 19.8 Å². The summed E-state index contributed by atoms with van der Waals surface area (Å²) in [6.45, 7) is 1.99. The molecule has 76 valence electrons. The molecule has 1 aliphatic rings. The summed E-state index contributed by atoms with van der Waals surface area (Å²) in [5, 5.41) is 3.09. The van der Waals surface area contributed by atoms with Crippen LogP contribution in [0.3, 0.4) is 0 Å². The van der Waals surface area contributed by atoms with Crippen LogP contribution >= 0.6 is 0 Å². The monoisotopic (exact) mass is 193 g/mol. The molecule has 0 aromatic carbocycles. The summed E-state index contributed by atoms with van der Waals surface area (Å²) in [4.78, 5) is 11.4. The fourth-order valence-electron chi connectivity index (χ4n) is 1.24. The van der Waals surface area contributed by atoms with E-state index in [0.29, 0.717) is 12.0 Å². The Morgan fingerprint density at radius 3 is 3.14 bits per heavy atom. The minimum atomic E-state index is 0.0764. The summed E-state index contributed by atoms with van der Waals surface area (Å²) >= 11 is 0. The third-order valence-electron chi connectivity index (χ3n) is 2.16. The second-order valence-electron chi connectivity index (χ2n) is 3.59. The Balaban J connectivity index is 1.90. The maximum absolute atomic E-state index is 5.72. The fourth-order valence-corrected chi connectivity index (χ4v) is 1.24. The zero-order valence-corrected chi connectivity index (χ0v) is 8.20. The van der Waals surface area contributed by atoms with Gasteiger partial charge in [-0.15, -0.1) is 0 Å². The molecule has 1 fully saturated rings. The lowest BCUT2D eigenvalue weighted by Crippen LogP contribution is -2.34. The normalized spacial score (nSPS) is 19.4. The largest absolute Gasteiger partial charge is 0.370 e. The first-order chi connectivity index (χ1) is 6.75. The Morgan fingerprint density at radius 2 is 2.57 bits per heavy atom. The zero-order valence-electron chi connectivity index (χ0n) is 8.20. The van der Waals surface area contributed by atoms with Crippen LogP contribution in [0.1, 0.15) is 31.6 Å². The van der Waals surface area contributed by atoms with Crippen LogP contribution in [0.2, 0.25) is 0 Å². The van der Waals surface area contributed by atoms with Crippen LogP contribution < -0.4 is 11.1 Å². The lowest BCUT2D eigenvalue weighted by Gasteiger charge is -2.11. The molecule has 1 aromatic heterocycles. The average molecular weight is 193 g/mol. The topological polar surface area (TPSA) is 79.1 Å². The highest BCUT2D eigenvalue weighted by Crippen LogP contribution is 2.23. The van der Waals surface area contributed by atoms with Gasteiger partial charge < -0.3 is 16.0 Å². The molecular formula is C9H15N5. The van der Waals surface area contributed by atoms with Gasteiger partial charge in [0.15, 0.2) is 5.96 Å². The molecule has 1 unspecified atom stereocenters. The van der Waals surface area contributed by atoms with Gasteiger partial charge >= 0.3 is 0 Å². The van der Waals surface area contributed by atoms with E-state index in [0.717, 1.165) is 18.7 Å². The van der Waals surface area contributed by atoms with Crippen molar-refractivity contribution in [1.29, 1.82) is 0 Å². The van der Waals surface area contributed by atoms with E-state index in [9.17, 15) is 0 Å².